The molecule has 10 heteroatoms. The van der Waals surface area contributed by atoms with Gasteiger partial charge in [0.1, 0.15) is 16.9 Å². The maximum Gasteiger partial charge on any atom is 0.328 e. The van der Waals surface area contributed by atoms with Crippen LogP contribution in [0.15, 0.2) is 47.8 Å². The number of methoxy groups -OCH3 is 1. The van der Waals surface area contributed by atoms with E-state index < -0.39 is 17.9 Å². The Labute approximate surface area is 176 Å². The molecular formula is C19H18N4O4S2. The van der Waals surface area contributed by atoms with Crippen LogP contribution in [0.3, 0.4) is 0 Å². The summed E-state index contributed by atoms with van der Waals surface area (Å²) in [7, 11) is 1.24. The van der Waals surface area contributed by atoms with E-state index in [1.807, 2.05) is 30.3 Å². The van der Waals surface area contributed by atoms with Gasteiger partial charge in [0, 0.05) is 18.3 Å². The van der Waals surface area contributed by atoms with Gasteiger partial charge in [-0.15, -0.1) is 0 Å². The summed E-state index contributed by atoms with van der Waals surface area (Å²) in [5.74, 6) is -1.46. The van der Waals surface area contributed by atoms with Crippen molar-refractivity contribution in [2.75, 3.05) is 13.7 Å². The predicted octanol–water partition coefficient (Wildman–Crippen LogP) is 1.51. The lowest BCUT2D eigenvalue weighted by molar-refractivity contribution is -0.145. The van der Waals surface area contributed by atoms with E-state index in [0.717, 1.165) is 17.3 Å². The number of amides is 2. The average Bonchev–Trinajstić information content (AvgIpc) is 3.31. The van der Waals surface area contributed by atoms with Gasteiger partial charge >= 0.3 is 5.97 Å². The molecule has 2 heterocycles. The Morgan fingerprint density at radius 2 is 2.14 bits per heavy atom. The minimum Gasteiger partial charge on any atom is -0.467 e. The number of nitrogens with one attached hydrogen (secondary N) is 2. The number of carbonyl (C=O) groups excluding carboxylic acids is 3. The number of carbonyl (C=O) groups is 3. The first-order valence-electron chi connectivity index (χ1n) is 8.63. The van der Waals surface area contributed by atoms with Crippen LogP contribution in [0.4, 0.5) is 0 Å². The Balaban J connectivity index is 1.65. The number of aromatic amines is 1. The quantitative estimate of drug-likeness (QED) is 0.390. The topological polar surface area (TPSA) is 104 Å². The van der Waals surface area contributed by atoms with Crippen LogP contribution in [0.2, 0.25) is 0 Å². The smallest absolute Gasteiger partial charge is 0.328 e. The zero-order valence-corrected chi connectivity index (χ0v) is 17.1. The monoisotopic (exact) mass is 430 g/mol. The third-order valence-electron chi connectivity index (χ3n) is 4.07. The van der Waals surface area contributed by atoms with Crippen molar-refractivity contribution >= 4 is 52.2 Å². The van der Waals surface area contributed by atoms with Gasteiger partial charge in [-0.05, 0) is 11.6 Å². The van der Waals surface area contributed by atoms with Gasteiger partial charge in [0.05, 0.1) is 18.3 Å². The zero-order valence-electron chi connectivity index (χ0n) is 15.5. The van der Waals surface area contributed by atoms with Crippen molar-refractivity contribution in [2.45, 2.75) is 12.5 Å². The fourth-order valence-corrected chi connectivity index (χ4v) is 3.93. The molecule has 2 amide bonds. The van der Waals surface area contributed by atoms with Crippen LogP contribution in [0.25, 0.3) is 6.08 Å². The number of imidazole rings is 1. The molecule has 29 heavy (non-hydrogen) atoms. The van der Waals surface area contributed by atoms with E-state index in [9.17, 15) is 14.4 Å². The predicted molar refractivity (Wildman–Crippen MR) is 113 cm³/mol. The van der Waals surface area contributed by atoms with Gasteiger partial charge in [0.15, 0.2) is 0 Å². The maximum absolute atomic E-state index is 12.7. The molecule has 2 N–H and O–H groups in total. The molecule has 8 nitrogen and oxygen atoms in total. The van der Waals surface area contributed by atoms with Crippen molar-refractivity contribution in [1.82, 2.24) is 20.2 Å². The number of H-pyrrole nitrogens is 1. The third kappa shape index (κ3) is 5.30. The molecule has 0 radical (unpaired) electrons. The minimum atomic E-state index is -0.911. The van der Waals surface area contributed by atoms with Crippen molar-refractivity contribution in [3.05, 3.63) is 59.0 Å². The Morgan fingerprint density at radius 3 is 2.79 bits per heavy atom. The van der Waals surface area contributed by atoms with Crippen molar-refractivity contribution in [1.29, 1.82) is 0 Å². The molecular weight excluding hydrogens is 412 g/mol. The van der Waals surface area contributed by atoms with Crippen LogP contribution in [0, 0.1) is 0 Å². The lowest BCUT2D eigenvalue weighted by Gasteiger charge is -2.18. The fraction of sp³-hybridized carbons (Fsp3) is 0.211. The number of hydrogen-bond acceptors (Lipinski definition) is 7. The van der Waals surface area contributed by atoms with E-state index >= 15 is 0 Å². The van der Waals surface area contributed by atoms with Gasteiger partial charge in [-0.3, -0.25) is 14.5 Å². The highest BCUT2D eigenvalue weighted by atomic mass is 32.2. The van der Waals surface area contributed by atoms with Gasteiger partial charge in [-0.25, -0.2) is 9.78 Å². The molecule has 1 aliphatic heterocycles. The second-order valence-corrected chi connectivity index (χ2v) is 7.78. The molecule has 2 aromatic rings. The molecule has 0 spiro atoms. The Morgan fingerprint density at radius 1 is 1.38 bits per heavy atom. The van der Waals surface area contributed by atoms with Crippen molar-refractivity contribution in [3.63, 3.8) is 0 Å². The van der Waals surface area contributed by atoms with Crippen molar-refractivity contribution < 1.29 is 19.1 Å². The Kier molecular flexibility index (Phi) is 6.78. The first-order valence-corrected chi connectivity index (χ1v) is 9.85. The summed E-state index contributed by atoms with van der Waals surface area (Å²) in [6.07, 6.45) is 4.95. The van der Waals surface area contributed by atoms with Crippen molar-refractivity contribution in [2.24, 2.45) is 0 Å². The summed E-state index contributed by atoms with van der Waals surface area (Å²) < 4.78 is 5.04. The number of thiocarbonyl (C=S) groups is 1. The largest absolute Gasteiger partial charge is 0.467 e. The number of ether oxygens (including phenoxy) is 1. The highest BCUT2D eigenvalue weighted by Gasteiger charge is 2.34. The number of esters is 1. The van der Waals surface area contributed by atoms with Gasteiger partial charge in [-0.2, -0.15) is 0 Å². The summed E-state index contributed by atoms with van der Waals surface area (Å²) in [6, 6.07) is 8.45. The molecule has 150 valence electrons. The number of benzene rings is 1. The van der Waals surface area contributed by atoms with E-state index in [-0.39, 0.29) is 23.2 Å². The van der Waals surface area contributed by atoms with Gasteiger partial charge in [0.2, 0.25) is 5.91 Å². The molecule has 1 aliphatic rings. The number of thioether (sulfide) groups is 1. The summed E-state index contributed by atoms with van der Waals surface area (Å²) in [6.45, 7) is -0.284. The van der Waals surface area contributed by atoms with Crippen LogP contribution < -0.4 is 5.32 Å². The molecule has 1 aromatic heterocycles. The van der Waals surface area contributed by atoms with Crippen molar-refractivity contribution in [3.8, 4) is 0 Å². The van der Waals surface area contributed by atoms with E-state index in [1.165, 1.54) is 18.3 Å². The summed E-state index contributed by atoms with van der Waals surface area (Å²) in [5, 5.41) is 2.60. The van der Waals surface area contributed by atoms with Crippen LogP contribution in [0.1, 0.15) is 11.3 Å². The van der Waals surface area contributed by atoms with Gasteiger partial charge in [-0.1, -0.05) is 54.3 Å². The molecule has 1 atom stereocenters. The highest BCUT2D eigenvalue weighted by Crippen LogP contribution is 2.32. The molecule has 0 saturated carbocycles. The third-order valence-corrected chi connectivity index (χ3v) is 5.45. The first kappa shape index (κ1) is 20.7. The summed E-state index contributed by atoms with van der Waals surface area (Å²) in [4.78, 5) is 45.6. The molecule has 1 fully saturated rings. The minimum absolute atomic E-state index is 0.185. The standard InChI is InChI=1S/C19H18N4O4S2/c1-27-18(26)14(8-13-9-20-11-21-13)22-16(24)10-23-17(25)15(29-19(23)28)7-12-5-3-2-4-6-12/h2-7,9,11,14H,8,10H2,1H3,(H,20,21)(H,22,24). The van der Waals surface area contributed by atoms with E-state index in [4.69, 9.17) is 17.0 Å². The van der Waals surface area contributed by atoms with E-state index in [2.05, 4.69) is 15.3 Å². The number of aromatic nitrogens is 2. The number of nitrogens with zero attached hydrogens (tertiary/aromatic N) is 2. The second-order valence-electron chi connectivity index (χ2n) is 6.10. The molecule has 1 saturated heterocycles. The molecule has 1 unspecified atom stereocenters. The number of hydrogen-bond donors (Lipinski definition) is 2. The average molecular weight is 431 g/mol. The highest BCUT2D eigenvalue weighted by molar-refractivity contribution is 8.26. The lowest BCUT2D eigenvalue weighted by atomic mass is 10.1. The second kappa shape index (κ2) is 9.48. The van der Waals surface area contributed by atoms with Gasteiger partial charge < -0.3 is 15.0 Å². The molecule has 0 aliphatic carbocycles. The summed E-state index contributed by atoms with van der Waals surface area (Å²) >= 11 is 6.39. The van der Waals surface area contributed by atoms with Crippen LogP contribution in [-0.2, 0) is 25.5 Å². The molecule has 3 rings (SSSR count). The Bertz CT molecular complexity index is 944. The molecule has 0 bridgehead atoms. The first-order chi connectivity index (χ1) is 14.0. The molecule has 1 aromatic carbocycles. The van der Waals surface area contributed by atoms with Crippen LogP contribution in [0.5, 0.6) is 0 Å². The maximum atomic E-state index is 12.7. The Hall–Kier alpha value is -2.98. The SMILES string of the molecule is COC(=O)C(Cc1cnc[nH]1)NC(=O)CN1C(=O)C(=Cc2ccccc2)SC1=S. The summed E-state index contributed by atoms with van der Waals surface area (Å²) in [5.41, 5.74) is 1.53. The zero-order chi connectivity index (χ0) is 20.8. The van der Waals surface area contributed by atoms with E-state index in [0.29, 0.717) is 10.6 Å². The van der Waals surface area contributed by atoms with Gasteiger partial charge in [0.25, 0.3) is 5.91 Å². The van der Waals surface area contributed by atoms with Crippen LogP contribution >= 0.6 is 24.0 Å². The van der Waals surface area contributed by atoms with Crippen LogP contribution in [-0.4, -0.2) is 56.7 Å². The normalized spacial score (nSPS) is 16.2. The fourth-order valence-electron chi connectivity index (χ4n) is 2.67. The lowest BCUT2D eigenvalue weighted by Crippen LogP contribution is -2.47. The number of rotatable bonds is 7. The van der Waals surface area contributed by atoms with E-state index in [1.54, 1.807) is 12.3 Å².